The molecule has 2 amide bonds. The molecule has 0 bridgehead atoms. The molecule has 0 heterocycles. The molecular formula is C30H36N2O3. The molecule has 0 saturated carbocycles. The van der Waals surface area contributed by atoms with E-state index in [9.17, 15) is 9.59 Å². The van der Waals surface area contributed by atoms with Gasteiger partial charge in [0.15, 0.2) is 0 Å². The highest BCUT2D eigenvalue weighted by Crippen LogP contribution is 2.25. The summed E-state index contributed by atoms with van der Waals surface area (Å²) in [5.74, 6) is -0.0128. The van der Waals surface area contributed by atoms with Crippen LogP contribution in [-0.2, 0) is 21.4 Å². The molecule has 0 saturated heterocycles. The van der Waals surface area contributed by atoms with E-state index in [1.54, 1.807) is 0 Å². The lowest BCUT2D eigenvalue weighted by Crippen LogP contribution is -2.27. The molecule has 35 heavy (non-hydrogen) atoms. The van der Waals surface area contributed by atoms with Gasteiger partial charge in [-0.15, -0.1) is 0 Å². The summed E-state index contributed by atoms with van der Waals surface area (Å²) in [5.41, 5.74) is 5.36. The van der Waals surface area contributed by atoms with Gasteiger partial charge in [0.25, 0.3) is 0 Å². The monoisotopic (exact) mass is 472 g/mol. The summed E-state index contributed by atoms with van der Waals surface area (Å²) in [4.78, 5) is 24.5. The van der Waals surface area contributed by atoms with E-state index in [-0.39, 0.29) is 11.3 Å². The second-order valence-corrected chi connectivity index (χ2v) is 10.8. The van der Waals surface area contributed by atoms with E-state index in [2.05, 4.69) is 55.7 Å². The van der Waals surface area contributed by atoms with Gasteiger partial charge in [-0.3, -0.25) is 10.1 Å². The highest BCUT2D eigenvalue weighted by molar-refractivity contribution is 5.91. The third kappa shape index (κ3) is 8.29. The Labute approximate surface area is 208 Å². The molecule has 0 aliphatic heterocycles. The Balaban J connectivity index is 1.55. The van der Waals surface area contributed by atoms with Gasteiger partial charge >= 0.3 is 6.09 Å². The van der Waals surface area contributed by atoms with Crippen LogP contribution >= 0.6 is 0 Å². The zero-order valence-corrected chi connectivity index (χ0v) is 21.6. The lowest BCUT2D eigenvalue weighted by Gasteiger charge is -2.19. The maximum atomic E-state index is 12.5. The average Bonchev–Trinajstić information content (AvgIpc) is 2.77. The van der Waals surface area contributed by atoms with Gasteiger partial charge < -0.3 is 10.1 Å². The van der Waals surface area contributed by atoms with Gasteiger partial charge in [0, 0.05) is 17.8 Å². The van der Waals surface area contributed by atoms with Gasteiger partial charge in [0.2, 0.25) is 5.91 Å². The highest BCUT2D eigenvalue weighted by atomic mass is 16.6. The van der Waals surface area contributed by atoms with Gasteiger partial charge in [-0.25, -0.2) is 4.79 Å². The maximum absolute atomic E-state index is 12.5. The second kappa shape index (κ2) is 10.8. The highest BCUT2D eigenvalue weighted by Gasteiger charge is 2.16. The van der Waals surface area contributed by atoms with Crippen LogP contribution in [0.5, 0.6) is 0 Å². The van der Waals surface area contributed by atoms with Crippen LogP contribution < -0.4 is 10.6 Å². The molecule has 0 aliphatic carbocycles. The summed E-state index contributed by atoms with van der Waals surface area (Å²) < 4.78 is 5.32. The van der Waals surface area contributed by atoms with Crippen molar-refractivity contribution < 1.29 is 14.3 Å². The lowest BCUT2D eigenvalue weighted by atomic mass is 9.86. The molecular weight excluding hydrogens is 436 g/mol. The summed E-state index contributed by atoms with van der Waals surface area (Å²) in [5, 5.41) is 5.74. The summed E-state index contributed by atoms with van der Waals surface area (Å²) in [6.45, 7) is 12.1. The minimum Gasteiger partial charge on any atom is -0.444 e. The zero-order chi connectivity index (χ0) is 25.6. The van der Waals surface area contributed by atoms with Gasteiger partial charge in [-0.05, 0) is 79.1 Å². The number of hydrogen-bond donors (Lipinski definition) is 2. The molecule has 0 atom stereocenters. The molecule has 0 aromatic heterocycles. The zero-order valence-electron chi connectivity index (χ0n) is 21.6. The fraction of sp³-hybridized carbons (Fsp3) is 0.333. The quantitative estimate of drug-likeness (QED) is 0.389. The number of hydrogen-bond acceptors (Lipinski definition) is 3. The Morgan fingerprint density at radius 2 is 1.40 bits per heavy atom. The predicted molar refractivity (Wildman–Crippen MR) is 144 cm³/mol. The van der Waals surface area contributed by atoms with Gasteiger partial charge in [0.1, 0.15) is 5.60 Å². The molecule has 3 aromatic rings. The first kappa shape index (κ1) is 26.0. The Hall–Kier alpha value is -3.60. The molecule has 0 fully saturated rings. The normalized spacial score (nSPS) is 11.6. The van der Waals surface area contributed by atoms with Crippen LogP contribution in [0.4, 0.5) is 16.2 Å². The van der Waals surface area contributed by atoms with E-state index < -0.39 is 11.7 Å². The van der Waals surface area contributed by atoms with Crippen molar-refractivity contribution in [1.82, 2.24) is 0 Å². The third-order valence-corrected chi connectivity index (χ3v) is 5.47. The van der Waals surface area contributed by atoms with Crippen LogP contribution in [-0.4, -0.2) is 17.6 Å². The summed E-state index contributed by atoms with van der Waals surface area (Å²) >= 11 is 0. The topological polar surface area (TPSA) is 67.4 Å². The first-order valence-electron chi connectivity index (χ1n) is 12.0. The Morgan fingerprint density at radius 3 is 2.00 bits per heavy atom. The molecule has 0 aliphatic rings. The molecule has 3 rings (SSSR count). The van der Waals surface area contributed by atoms with Crippen LogP contribution in [0.3, 0.4) is 0 Å². The van der Waals surface area contributed by atoms with Crippen LogP contribution in [0.15, 0.2) is 72.8 Å². The van der Waals surface area contributed by atoms with Crippen LogP contribution in [0.25, 0.3) is 11.1 Å². The number of amides is 2. The number of rotatable bonds is 6. The lowest BCUT2D eigenvalue weighted by molar-refractivity contribution is -0.116. The average molecular weight is 473 g/mol. The smallest absolute Gasteiger partial charge is 0.412 e. The first-order chi connectivity index (χ1) is 16.4. The van der Waals surface area contributed by atoms with Gasteiger partial charge in [-0.2, -0.15) is 0 Å². The standard InChI is InChI=1S/C30H36N2O3/c1-29(2,3)24-15-10-21(11-16-24)12-19-27(33)31-25-17-13-22(14-18-25)23-8-7-9-26(20-23)32-28(34)35-30(4,5)6/h7-11,13-18,20H,12,19H2,1-6H3,(H,31,33)(H,32,34). The van der Waals surface area contributed by atoms with Crippen molar-refractivity contribution in [2.75, 3.05) is 10.6 Å². The largest absolute Gasteiger partial charge is 0.444 e. The van der Waals surface area contributed by atoms with Crippen molar-refractivity contribution in [3.8, 4) is 11.1 Å². The van der Waals surface area contributed by atoms with E-state index in [1.165, 1.54) is 5.56 Å². The third-order valence-electron chi connectivity index (χ3n) is 5.47. The van der Waals surface area contributed by atoms with E-state index in [0.717, 1.165) is 22.4 Å². The van der Waals surface area contributed by atoms with Crippen molar-refractivity contribution in [2.45, 2.75) is 65.4 Å². The fourth-order valence-corrected chi connectivity index (χ4v) is 3.60. The minimum absolute atomic E-state index is 0.0128. The molecule has 184 valence electrons. The van der Waals surface area contributed by atoms with Gasteiger partial charge in [0.05, 0.1) is 0 Å². The SMILES string of the molecule is CC(C)(C)OC(=O)Nc1cccc(-c2ccc(NC(=O)CCc3ccc(C(C)(C)C)cc3)cc2)c1. The number of carbonyl (C=O) groups is 2. The van der Waals surface area contributed by atoms with Crippen molar-refractivity contribution in [1.29, 1.82) is 0 Å². The number of aryl methyl sites for hydroxylation is 1. The number of nitrogens with one attached hydrogen (secondary N) is 2. The van der Waals surface area contributed by atoms with Crippen molar-refractivity contribution in [2.24, 2.45) is 0 Å². The van der Waals surface area contributed by atoms with Crippen molar-refractivity contribution >= 4 is 23.4 Å². The summed E-state index contributed by atoms with van der Waals surface area (Å²) in [7, 11) is 0. The molecule has 5 nitrogen and oxygen atoms in total. The van der Waals surface area contributed by atoms with Gasteiger partial charge in [-0.1, -0.05) is 69.3 Å². The Morgan fingerprint density at radius 1 is 0.743 bits per heavy atom. The van der Waals surface area contributed by atoms with Crippen LogP contribution in [0.2, 0.25) is 0 Å². The molecule has 0 radical (unpaired) electrons. The molecule has 0 unspecified atom stereocenters. The number of carbonyl (C=O) groups excluding carboxylic acids is 2. The molecule has 5 heteroatoms. The van der Waals surface area contributed by atoms with E-state index in [4.69, 9.17) is 4.74 Å². The molecule has 0 spiro atoms. The van der Waals surface area contributed by atoms with E-state index in [0.29, 0.717) is 18.5 Å². The minimum atomic E-state index is -0.557. The van der Waals surface area contributed by atoms with Crippen molar-refractivity contribution in [3.63, 3.8) is 0 Å². The van der Waals surface area contributed by atoms with E-state index in [1.807, 2.05) is 69.3 Å². The summed E-state index contributed by atoms with van der Waals surface area (Å²) in [6.07, 6.45) is 0.638. The van der Waals surface area contributed by atoms with Crippen LogP contribution in [0.1, 0.15) is 59.1 Å². The predicted octanol–water partition coefficient (Wildman–Crippen LogP) is 7.57. The Bertz CT molecular complexity index is 1150. The fourth-order valence-electron chi connectivity index (χ4n) is 3.60. The number of ether oxygens (including phenoxy) is 1. The van der Waals surface area contributed by atoms with Crippen LogP contribution in [0, 0.1) is 0 Å². The maximum Gasteiger partial charge on any atom is 0.412 e. The molecule has 3 aromatic carbocycles. The number of anilines is 2. The molecule has 2 N–H and O–H groups in total. The second-order valence-electron chi connectivity index (χ2n) is 10.8. The number of benzene rings is 3. The summed E-state index contributed by atoms with van der Waals surface area (Å²) in [6, 6.07) is 23.7. The Kier molecular flexibility index (Phi) is 8.00. The van der Waals surface area contributed by atoms with E-state index >= 15 is 0 Å². The first-order valence-corrected chi connectivity index (χ1v) is 12.0. The van der Waals surface area contributed by atoms with Crippen molar-refractivity contribution in [3.05, 3.63) is 83.9 Å².